The lowest BCUT2D eigenvalue weighted by atomic mass is 9.95. The molecule has 25 heavy (non-hydrogen) atoms. The minimum absolute atomic E-state index is 0.000708. The maximum atomic E-state index is 9.36. The van der Waals surface area contributed by atoms with Gasteiger partial charge in [-0.2, -0.15) is 0 Å². The summed E-state index contributed by atoms with van der Waals surface area (Å²) in [5.41, 5.74) is 0. The molecule has 1 saturated heterocycles. The summed E-state index contributed by atoms with van der Waals surface area (Å²) in [7, 11) is 0. The lowest BCUT2D eigenvalue weighted by Gasteiger charge is -2.35. The van der Waals surface area contributed by atoms with Gasteiger partial charge in [0.2, 0.25) is 0 Å². The minimum atomic E-state index is -0.148. The van der Waals surface area contributed by atoms with Crippen molar-refractivity contribution in [3.63, 3.8) is 0 Å². The number of nitrogens with zero attached hydrogens (tertiary/aromatic N) is 6. The third-order valence-corrected chi connectivity index (χ3v) is 5.24. The number of imidazole rings is 1. The normalized spacial score (nSPS) is 16.8. The van der Waals surface area contributed by atoms with Crippen LogP contribution in [0.15, 0.2) is 12.4 Å². The predicted molar refractivity (Wildman–Crippen MR) is 93.3 cm³/mol. The monoisotopic (exact) mass is 348 g/mol. The molecule has 0 radical (unpaired) electrons. The SMILES string of the molecule is CCn1c(Cn2ccnc2C)nnc1C1CCN(C(CO)CO)CC1. The molecule has 0 bridgehead atoms. The Morgan fingerprint density at radius 2 is 1.92 bits per heavy atom. The molecule has 2 aromatic rings. The van der Waals surface area contributed by atoms with Crippen LogP contribution < -0.4 is 0 Å². The summed E-state index contributed by atoms with van der Waals surface area (Å²) in [5.74, 6) is 3.36. The number of rotatable bonds is 7. The Balaban J connectivity index is 1.70. The van der Waals surface area contributed by atoms with Crippen molar-refractivity contribution in [3.8, 4) is 0 Å². The zero-order valence-electron chi connectivity index (χ0n) is 15.0. The summed E-state index contributed by atoms with van der Waals surface area (Å²) in [5, 5.41) is 27.6. The Hall–Kier alpha value is -1.77. The molecule has 0 aliphatic carbocycles. The molecule has 3 rings (SSSR count). The van der Waals surface area contributed by atoms with E-state index in [1.807, 2.05) is 13.1 Å². The first-order valence-corrected chi connectivity index (χ1v) is 9.03. The quantitative estimate of drug-likeness (QED) is 0.752. The van der Waals surface area contributed by atoms with Gasteiger partial charge in [-0.25, -0.2) is 4.98 Å². The van der Waals surface area contributed by atoms with Gasteiger partial charge in [0.1, 0.15) is 11.6 Å². The van der Waals surface area contributed by atoms with Gasteiger partial charge in [-0.15, -0.1) is 10.2 Å². The first-order chi connectivity index (χ1) is 12.2. The Morgan fingerprint density at radius 3 is 2.48 bits per heavy atom. The molecule has 2 aromatic heterocycles. The summed E-state index contributed by atoms with van der Waals surface area (Å²) < 4.78 is 4.30. The second-order valence-electron chi connectivity index (χ2n) is 6.65. The fraction of sp³-hybridized carbons (Fsp3) is 0.706. The van der Waals surface area contributed by atoms with Crippen molar-refractivity contribution in [2.24, 2.45) is 0 Å². The lowest BCUT2D eigenvalue weighted by molar-refractivity contribution is 0.0560. The second kappa shape index (κ2) is 8.07. The average Bonchev–Trinajstić information content (AvgIpc) is 3.23. The van der Waals surface area contributed by atoms with E-state index < -0.39 is 0 Å². The highest BCUT2D eigenvalue weighted by atomic mass is 16.3. The molecular formula is C17H28N6O2. The van der Waals surface area contributed by atoms with Crippen LogP contribution in [0.3, 0.4) is 0 Å². The largest absolute Gasteiger partial charge is 0.395 e. The first-order valence-electron chi connectivity index (χ1n) is 9.03. The molecule has 2 N–H and O–H groups in total. The number of aryl methyl sites for hydroxylation is 1. The summed E-state index contributed by atoms with van der Waals surface area (Å²) in [6.45, 7) is 7.37. The molecule has 0 atom stereocenters. The van der Waals surface area contributed by atoms with Crippen LogP contribution in [0, 0.1) is 6.92 Å². The Morgan fingerprint density at radius 1 is 1.20 bits per heavy atom. The van der Waals surface area contributed by atoms with Gasteiger partial charge in [-0.1, -0.05) is 0 Å². The highest BCUT2D eigenvalue weighted by Gasteiger charge is 2.28. The third kappa shape index (κ3) is 3.75. The van der Waals surface area contributed by atoms with Crippen LogP contribution in [-0.4, -0.2) is 71.8 Å². The van der Waals surface area contributed by atoms with Crippen LogP contribution in [0.1, 0.15) is 43.2 Å². The van der Waals surface area contributed by atoms with E-state index in [9.17, 15) is 10.2 Å². The number of aliphatic hydroxyl groups is 2. The summed E-state index contributed by atoms with van der Waals surface area (Å²) >= 11 is 0. The standard InChI is InChI=1S/C17H28N6O2/c1-3-23-16(10-22-9-6-18-13(22)2)19-20-17(23)14-4-7-21(8-5-14)15(11-24)12-25/h6,9,14-15,24-25H,3-5,7-8,10-12H2,1-2H3. The topological polar surface area (TPSA) is 92.2 Å². The number of aliphatic hydroxyl groups excluding tert-OH is 2. The molecule has 0 spiro atoms. The summed E-state index contributed by atoms with van der Waals surface area (Å²) in [4.78, 5) is 6.43. The van der Waals surface area contributed by atoms with Crippen LogP contribution in [0.5, 0.6) is 0 Å². The zero-order chi connectivity index (χ0) is 17.8. The van der Waals surface area contributed by atoms with Gasteiger partial charge in [0, 0.05) is 24.9 Å². The summed E-state index contributed by atoms with van der Waals surface area (Å²) in [6.07, 6.45) is 5.71. The number of aromatic nitrogens is 5. The van der Waals surface area contributed by atoms with Crippen molar-refractivity contribution in [3.05, 3.63) is 29.9 Å². The van der Waals surface area contributed by atoms with Crippen LogP contribution in [0.25, 0.3) is 0 Å². The molecule has 3 heterocycles. The molecule has 0 unspecified atom stereocenters. The van der Waals surface area contributed by atoms with E-state index in [0.717, 1.165) is 49.9 Å². The van der Waals surface area contributed by atoms with Gasteiger partial charge < -0.3 is 19.3 Å². The highest BCUT2D eigenvalue weighted by molar-refractivity contribution is 5.06. The van der Waals surface area contributed by atoms with E-state index in [4.69, 9.17) is 0 Å². The van der Waals surface area contributed by atoms with E-state index >= 15 is 0 Å². The van der Waals surface area contributed by atoms with E-state index in [1.165, 1.54) is 0 Å². The second-order valence-corrected chi connectivity index (χ2v) is 6.65. The number of likely N-dealkylation sites (tertiary alicyclic amines) is 1. The maximum Gasteiger partial charge on any atom is 0.153 e. The van der Waals surface area contributed by atoms with Crippen LogP contribution >= 0.6 is 0 Å². The number of hydrogen-bond acceptors (Lipinski definition) is 6. The molecule has 1 aliphatic rings. The Kier molecular flexibility index (Phi) is 5.82. The van der Waals surface area contributed by atoms with Crippen molar-refractivity contribution in [2.75, 3.05) is 26.3 Å². The highest BCUT2D eigenvalue weighted by Crippen LogP contribution is 2.28. The predicted octanol–water partition coefficient (Wildman–Crippen LogP) is 0.384. The molecular weight excluding hydrogens is 320 g/mol. The molecule has 1 fully saturated rings. The molecule has 0 saturated carbocycles. The van der Waals surface area contributed by atoms with E-state index in [2.05, 4.69) is 36.1 Å². The van der Waals surface area contributed by atoms with Gasteiger partial charge in [-0.05, 0) is 39.8 Å². The van der Waals surface area contributed by atoms with Crippen molar-refractivity contribution in [1.29, 1.82) is 0 Å². The fourth-order valence-electron chi connectivity index (χ4n) is 3.65. The van der Waals surface area contributed by atoms with Crippen LogP contribution in [-0.2, 0) is 13.1 Å². The van der Waals surface area contributed by atoms with Gasteiger partial charge >= 0.3 is 0 Å². The van der Waals surface area contributed by atoms with Crippen molar-refractivity contribution in [1.82, 2.24) is 29.2 Å². The minimum Gasteiger partial charge on any atom is -0.395 e. The first kappa shape index (κ1) is 18.0. The fourth-order valence-corrected chi connectivity index (χ4v) is 3.65. The van der Waals surface area contributed by atoms with Crippen LogP contribution in [0.2, 0.25) is 0 Å². The molecule has 138 valence electrons. The Bertz CT molecular complexity index is 670. The van der Waals surface area contributed by atoms with Gasteiger partial charge in [0.05, 0.1) is 25.8 Å². The van der Waals surface area contributed by atoms with Crippen molar-refractivity contribution in [2.45, 2.75) is 51.7 Å². The number of piperidine rings is 1. The lowest BCUT2D eigenvalue weighted by Crippen LogP contribution is -2.45. The molecule has 0 amide bonds. The maximum absolute atomic E-state index is 9.36. The van der Waals surface area contributed by atoms with Crippen molar-refractivity contribution >= 4 is 0 Å². The van der Waals surface area contributed by atoms with Gasteiger partial charge in [0.15, 0.2) is 5.82 Å². The molecule has 1 aliphatic heterocycles. The third-order valence-electron chi connectivity index (χ3n) is 5.24. The average molecular weight is 348 g/mol. The number of hydrogen-bond donors (Lipinski definition) is 2. The molecule has 8 heteroatoms. The van der Waals surface area contributed by atoms with Crippen molar-refractivity contribution < 1.29 is 10.2 Å². The van der Waals surface area contributed by atoms with Gasteiger partial charge in [-0.3, -0.25) is 4.90 Å². The van der Waals surface area contributed by atoms with E-state index in [-0.39, 0.29) is 19.3 Å². The molecule has 8 nitrogen and oxygen atoms in total. The van der Waals surface area contributed by atoms with E-state index in [1.54, 1.807) is 6.20 Å². The Labute approximate surface area is 148 Å². The smallest absolute Gasteiger partial charge is 0.153 e. The van der Waals surface area contributed by atoms with Gasteiger partial charge in [0.25, 0.3) is 0 Å². The van der Waals surface area contributed by atoms with Crippen LogP contribution in [0.4, 0.5) is 0 Å². The molecule has 0 aromatic carbocycles. The summed E-state index contributed by atoms with van der Waals surface area (Å²) in [6, 6.07) is -0.148. The van der Waals surface area contributed by atoms with E-state index in [0.29, 0.717) is 12.5 Å². The zero-order valence-corrected chi connectivity index (χ0v) is 15.0.